The molecule has 0 unspecified atom stereocenters. The third kappa shape index (κ3) is 4.54. The fraction of sp³-hybridized carbons (Fsp3) is 0.250. The van der Waals surface area contributed by atoms with Gasteiger partial charge in [-0.2, -0.15) is 0 Å². The highest BCUT2D eigenvalue weighted by atomic mass is 35.5. The number of hydrogen-bond acceptors (Lipinski definition) is 6. The van der Waals surface area contributed by atoms with Gasteiger partial charge in [-0.15, -0.1) is 10.2 Å². The normalized spacial score (nSPS) is 15.6. The van der Waals surface area contributed by atoms with Gasteiger partial charge in [0.2, 0.25) is 5.91 Å². The average Bonchev–Trinajstić information content (AvgIpc) is 3.29. The number of rotatable bonds is 6. The summed E-state index contributed by atoms with van der Waals surface area (Å²) in [4.78, 5) is 14.7. The first-order chi connectivity index (χ1) is 13.6. The predicted octanol–water partition coefficient (Wildman–Crippen LogP) is 5.55. The van der Waals surface area contributed by atoms with Crippen molar-refractivity contribution < 1.29 is 4.79 Å². The molecule has 1 amide bonds. The molecule has 28 heavy (non-hydrogen) atoms. The summed E-state index contributed by atoms with van der Waals surface area (Å²) in [6.45, 7) is 2.10. The van der Waals surface area contributed by atoms with E-state index in [9.17, 15) is 4.79 Å². The molecule has 0 bridgehead atoms. The number of nitrogens with zero attached hydrogens (tertiary/aromatic N) is 3. The molecule has 1 atom stereocenters. The molecule has 1 aromatic heterocycles. The summed E-state index contributed by atoms with van der Waals surface area (Å²) in [5.74, 6) is 1.31. The van der Waals surface area contributed by atoms with Crippen LogP contribution in [-0.4, -0.2) is 27.9 Å². The first-order valence-electron chi connectivity index (χ1n) is 8.83. The Morgan fingerprint density at radius 2 is 1.86 bits per heavy atom. The number of hydrogen-bond donors (Lipinski definition) is 0. The summed E-state index contributed by atoms with van der Waals surface area (Å²) < 4.78 is 1.73. The highest BCUT2D eigenvalue weighted by Gasteiger charge is 2.30. The molecule has 0 radical (unpaired) electrons. The van der Waals surface area contributed by atoms with Gasteiger partial charge in [0.25, 0.3) is 0 Å². The molecule has 0 saturated heterocycles. The van der Waals surface area contributed by atoms with Crippen molar-refractivity contribution in [1.29, 1.82) is 0 Å². The molecule has 144 valence electrons. The maximum Gasteiger partial charge on any atom is 0.237 e. The van der Waals surface area contributed by atoms with Crippen LogP contribution in [0.2, 0.25) is 5.02 Å². The van der Waals surface area contributed by atoms with Crippen molar-refractivity contribution in [2.24, 2.45) is 0 Å². The molecule has 0 spiro atoms. The van der Waals surface area contributed by atoms with Crippen LogP contribution < -0.4 is 4.90 Å². The zero-order chi connectivity index (χ0) is 19.5. The Labute approximate surface area is 181 Å². The van der Waals surface area contributed by atoms with Gasteiger partial charge in [-0.05, 0) is 42.7 Å². The number of carbonyl (C=O) groups excluding carboxylic acids is 1. The maximum absolute atomic E-state index is 12.8. The molecule has 3 aromatic rings. The first-order valence-corrected chi connectivity index (χ1v) is 12.0. The number of para-hydroxylation sites is 1. The largest absolute Gasteiger partial charge is 0.308 e. The van der Waals surface area contributed by atoms with Gasteiger partial charge < -0.3 is 4.90 Å². The van der Waals surface area contributed by atoms with Gasteiger partial charge in [0.1, 0.15) is 0 Å². The van der Waals surface area contributed by atoms with Gasteiger partial charge in [-0.1, -0.05) is 76.8 Å². The highest BCUT2D eigenvalue weighted by molar-refractivity contribution is 8.03. The van der Waals surface area contributed by atoms with Crippen LogP contribution in [0.1, 0.15) is 18.1 Å². The average molecular weight is 448 g/mol. The van der Waals surface area contributed by atoms with Crippen molar-refractivity contribution in [1.82, 2.24) is 10.2 Å². The second kappa shape index (κ2) is 8.86. The Morgan fingerprint density at radius 3 is 2.64 bits per heavy atom. The predicted molar refractivity (Wildman–Crippen MR) is 119 cm³/mol. The molecule has 1 aliphatic heterocycles. The van der Waals surface area contributed by atoms with Crippen LogP contribution in [0, 0.1) is 0 Å². The van der Waals surface area contributed by atoms with E-state index in [0.717, 1.165) is 31.6 Å². The highest BCUT2D eigenvalue weighted by Crippen LogP contribution is 2.34. The van der Waals surface area contributed by atoms with Crippen LogP contribution in [0.5, 0.6) is 0 Å². The summed E-state index contributed by atoms with van der Waals surface area (Å²) in [5, 5.41) is 9.20. The number of benzene rings is 2. The molecule has 0 fully saturated rings. The molecule has 0 aliphatic carbocycles. The van der Waals surface area contributed by atoms with E-state index in [4.69, 9.17) is 11.6 Å². The van der Waals surface area contributed by atoms with Gasteiger partial charge in [0, 0.05) is 22.5 Å². The lowest BCUT2D eigenvalue weighted by Crippen LogP contribution is -2.36. The van der Waals surface area contributed by atoms with Crippen molar-refractivity contribution in [2.75, 3.05) is 10.7 Å². The van der Waals surface area contributed by atoms with Crippen LogP contribution >= 0.6 is 46.5 Å². The molecule has 4 rings (SSSR count). The van der Waals surface area contributed by atoms with Crippen LogP contribution in [0.3, 0.4) is 0 Å². The zero-order valence-electron chi connectivity index (χ0n) is 15.2. The Balaban J connectivity index is 1.32. The molecule has 2 heterocycles. The van der Waals surface area contributed by atoms with Crippen LogP contribution in [0.25, 0.3) is 0 Å². The number of fused-ring (bicyclic) bond motifs is 1. The molecular weight excluding hydrogens is 430 g/mol. The Morgan fingerprint density at radius 1 is 1.14 bits per heavy atom. The lowest BCUT2D eigenvalue weighted by Gasteiger charge is -2.22. The quantitative estimate of drug-likeness (QED) is 0.463. The second-order valence-electron chi connectivity index (χ2n) is 6.48. The van der Waals surface area contributed by atoms with Crippen molar-refractivity contribution in [3.63, 3.8) is 0 Å². The number of thioether (sulfide) groups is 2. The van der Waals surface area contributed by atoms with E-state index in [0.29, 0.717) is 5.75 Å². The number of anilines is 1. The van der Waals surface area contributed by atoms with Gasteiger partial charge in [-0.3, -0.25) is 4.79 Å². The van der Waals surface area contributed by atoms with Crippen LogP contribution in [-0.2, 0) is 17.0 Å². The van der Waals surface area contributed by atoms with E-state index in [2.05, 4.69) is 23.2 Å². The fourth-order valence-electron chi connectivity index (χ4n) is 3.18. The summed E-state index contributed by atoms with van der Waals surface area (Å²) in [7, 11) is 0. The van der Waals surface area contributed by atoms with Gasteiger partial charge in [0.15, 0.2) is 8.68 Å². The lowest BCUT2D eigenvalue weighted by atomic mass is 10.1. The number of amides is 1. The minimum absolute atomic E-state index is 0.119. The topological polar surface area (TPSA) is 46.1 Å². The number of carbonyl (C=O) groups is 1. The van der Waals surface area contributed by atoms with Gasteiger partial charge in [0.05, 0.1) is 5.75 Å². The van der Waals surface area contributed by atoms with Gasteiger partial charge >= 0.3 is 0 Å². The SMILES string of the molecule is C[C@H]1Cc2ccccc2N1C(=O)CSc1nnc(SCc2ccc(Cl)cc2)s1. The fourth-order valence-corrected chi connectivity index (χ4v) is 6.14. The Kier molecular flexibility index (Phi) is 6.25. The van der Waals surface area contributed by atoms with Crippen LogP contribution in [0.4, 0.5) is 5.69 Å². The maximum atomic E-state index is 12.8. The minimum Gasteiger partial charge on any atom is -0.308 e. The minimum atomic E-state index is 0.119. The molecule has 1 aliphatic rings. The summed E-state index contributed by atoms with van der Waals surface area (Å²) in [6, 6.07) is 16.1. The van der Waals surface area contributed by atoms with E-state index in [-0.39, 0.29) is 11.9 Å². The summed E-state index contributed by atoms with van der Waals surface area (Å²) in [6.07, 6.45) is 0.914. The molecule has 2 aromatic carbocycles. The molecule has 4 nitrogen and oxygen atoms in total. The molecule has 0 saturated carbocycles. The first kappa shape index (κ1) is 19.8. The molecule has 0 N–H and O–H groups in total. The van der Waals surface area contributed by atoms with Crippen molar-refractivity contribution >= 4 is 58.1 Å². The van der Waals surface area contributed by atoms with E-state index >= 15 is 0 Å². The van der Waals surface area contributed by atoms with E-state index in [1.165, 1.54) is 34.2 Å². The molecule has 8 heteroatoms. The Bertz CT molecular complexity index is 977. The van der Waals surface area contributed by atoms with Gasteiger partial charge in [-0.25, -0.2) is 0 Å². The Hall–Kier alpha value is -1.54. The number of aromatic nitrogens is 2. The number of halogens is 1. The third-order valence-corrected chi connectivity index (χ3v) is 7.96. The molecular formula is C20H18ClN3OS3. The van der Waals surface area contributed by atoms with E-state index in [1.807, 2.05) is 47.4 Å². The smallest absolute Gasteiger partial charge is 0.237 e. The van der Waals surface area contributed by atoms with E-state index in [1.54, 1.807) is 11.8 Å². The second-order valence-corrected chi connectivity index (χ2v) is 10.3. The van der Waals surface area contributed by atoms with Crippen LogP contribution in [0.15, 0.2) is 57.2 Å². The third-order valence-electron chi connectivity index (χ3n) is 4.46. The van der Waals surface area contributed by atoms with Crippen molar-refractivity contribution in [2.45, 2.75) is 33.8 Å². The van der Waals surface area contributed by atoms with Crippen molar-refractivity contribution in [3.8, 4) is 0 Å². The summed E-state index contributed by atoms with van der Waals surface area (Å²) >= 11 is 10.6. The standard InChI is InChI=1S/C20H18ClN3OS3/c1-13-10-15-4-2-3-5-17(15)24(13)18(25)12-27-20-23-22-19(28-20)26-11-14-6-8-16(21)9-7-14/h2-9,13H,10-12H2,1H3/t13-/m0/s1. The van der Waals surface area contributed by atoms with E-state index < -0.39 is 0 Å². The monoisotopic (exact) mass is 447 g/mol. The zero-order valence-corrected chi connectivity index (χ0v) is 18.4. The lowest BCUT2D eigenvalue weighted by molar-refractivity contribution is -0.116. The van der Waals surface area contributed by atoms with Crippen molar-refractivity contribution in [3.05, 3.63) is 64.7 Å². The summed E-state index contributed by atoms with van der Waals surface area (Å²) in [5.41, 5.74) is 3.47.